The van der Waals surface area contributed by atoms with Gasteiger partial charge in [-0.1, -0.05) is 69.6 Å². The second-order valence-corrected chi connectivity index (χ2v) is 30.3. The number of carbonyl (C=O) groups is 4. The van der Waals surface area contributed by atoms with Crippen LogP contribution in [0.3, 0.4) is 0 Å². The van der Waals surface area contributed by atoms with Crippen LogP contribution in [0.15, 0.2) is 176 Å². The van der Waals surface area contributed by atoms with Crippen LogP contribution >= 0.6 is 0 Å². The van der Waals surface area contributed by atoms with E-state index in [0.717, 1.165) is 125 Å². The van der Waals surface area contributed by atoms with Gasteiger partial charge in [-0.2, -0.15) is 19.9 Å². The van der Waals surface area contributed by atoms with Gasteiger partial charge in [0.15, 0.2) is 29.0 Å². The Balaban J connectivity index is 0.000000143. The molecule has 4 aliphatic carbocycles. The number of H-pyrrole nitrogens is 1. The highest BCUT2D eigenvalue weighted by Gasteiger charge is 2.29. The van der Waals surface area contributed by atoms with E-state index in [0.29, 0.717) is 80.8 Å². The van der Waals surface area contributed by atoms with Gasteiger partial charge in [0, 0.05) is 162 Å². The van der Waals surface area contributed by atoms with E-state index in [4.69, 9.17) is 52.4 Å². The van der Waals surface area contributed by atoms with Crippen molar-refractivity contribution in [3.05, 3.63) is 227 Å². The van der Waals surface area contributed by atoms with E-state index in [1.807, 2.05) is 37.3 Å². The van der Waals surface area contributed by atoms with Crippen LogP contribution in [0.1, 0.15) is 150 Å². The number of aromatic amines is 1. The lowest BCUT2D eigenvalue weighted by atomic mass is 9.91. The number of aromatic nitrogens is 16. The highest BCUT2D eigenvalue weighted by molar-refractivity contribution is 6.00. The fourth-order valence-corrected chi connectivity index (χ4v) is 14.8. The van der Waals surface area contributed by atoms with E-state index in [1.165, 1.54) is 30.7 Å². The molecule has 0 saturated heterocycles. The zero-order valence-corrected chi connectivity index (χ0v) is 68.3. The van der Waals surface area contributed by atoms with Crippen LogP contribution in [0.2, 0.25) is 0 Å². The first-order chi connectivity index (χ1) is 60.5. The average molecular weight is 1690 g/mol. The van der Waals surface area contributed by atoms with Gasteiger partial charge < -0.3 is 88.4 Å². The lowest BCUT2D eigenvalue weighted by Crippen LogP contribution is -2.43. The second-order valence-electron chi connectivity index (χ2n) is 30.3. The quantitative estimate of drug-likeness (QED) is 0.0250. The molecule has 8 atom stereocenters. The lowest BCUT2D eigenvalue weighted by Gasteiger charge is -2.29. The maximum absolute atomic E-state index is 14.3. The molecule has 38 nitrogen and oxygen atoms in total. The number of amides is 4. The van der Waals surface area contributed by atoms with Crippen molar-refractivity contribution in [3.63, 3.8) is 0 Å². The molecular weight excluding hydrogens is 1590 g/mol. The molecule has 25 N–H and O–H groups in total. The number of rotatable bonds is 24. The van der Waals surface area contributed by atoms with Crippen molar-refractivity contribution in [1.82, 2.24) is 79.7 Å². The van der Waals surface area contributed by atoms with Crippen molar-refractivity contribution in [2.45, 2.75) is 158 Å². The summed E-state index contributed by atoms with van der Waals surface area (Å²) >= 11 is 0. The number of hydrogen-bond donors (Lipinski definition) is 17. The first-order valence-corrected chi connectivity index (χ1v) is 40.8. The van der Waals surface area contributed by atoms with Crippen LogP contribution in [0.4, 0.5) is 79.9 Å². The lowest BCUT2D eigenvalue weighted by molar-refractivity contribution is 0.0991. The molecule has 4 amide bonds. The van der Waals surface area contributed by atoms with Crippen LogP contribution in [0, 0.1) is 19.3 Å². The molecule has 0 bridgehead atoms. The van der Waals surface area contributed by atoms with E-state index in [1.54, 1.807) is 110 Å². The summed E-state index contributed by atoms with van der Waals surface area (Å²) in [6.45, 7) is 9.41. The number of aryl methyl sites for hydroxylation is 1. The van der Waals surface area contributed by atoms with Gasteiger partial charge in [0.2, 0.25) is 23.8 Å². The molecule has 4 fully saturated rings. The van der Waals surface area contributed by atoms with Gasteiger partial charge in [-0.25, -0.2) is 64.1 Å². The highest BCUT2D eigenvalue weighted by atomic mass is 19.1. The van der Waals surface area contributed by atoms with Gasteiger partial charge in [0.05, 0.1) is 6.57 Å². The standard InChI is InChI=1S/C22H23N9O.C22H26N8O.C21H23FN8O.C21H24N8O2/c1-25-17-8-7-13(11-14(17)20-26-9-4-10-27-20)29-21-15(19(24)32)12-28-22(31-21)30-18-6-3-2-5-16(18)23;1-13-9-14(20-25-7-4-8-26-20)11-15(10-13)28-21-16(19(24)31)12-27-22(30-21)29-18-6-3-2-5-17(18)23;22-13-8-12(19-25-6-3-7-26-19)9-14(10-13)28-20-15(18(24)31)11-27-21(30-20)29-17-5-2-1-4-16(17)23;22-14-7-1-2-8-15(14)27-21-28-19(16(17(23)30)20(31)29-21)26-13-6-3-5-12(11-13)18-24-9-4-10-25-18/h4,7-12,16,18H,2-3,5-6,23H2,(H2,24,32)(H2,28,29,30,31);4,7-12,17-18H,2-3,5-6,23H2,1H3,(H2,24,31)(H2,27,28,29,30);3,6-11,16-17H,1-2,4-5,23H2,(H2,24,31)(H2,27,28,29,30);3-6,9-11,14-15H,1-2,7-8,22H2,(H2,23,30)(H3,26,27,28,29,31)/t16-,18+;17-,18+;16-,17+;14-,15+/m0000/s1. The SMILES string of the molecule is Cc1cc(Nc2nc(N[C@@H]3CCCC[C@@H]3N)ncc2C(N)=O)cc(-c2ncccn2)c1.NC(=O)c1c(Nc2cccc(-c3ncccn3)c2)nc(N[C@@H]2CCCC[C@@H]2N)[nH]c1=O.NC(=O)c1cnc(N[C@@H]2CCCC[C@@H]2N)nc1Nc1cc(F)cc(-c2ncccn2)c1.[C-]#[N+]c1ccc(Nc2nc(N[C@@H]3CCCC[C@@H]3N)ncc2C(N)=O)cc1-c1ncccn1. The van der Waals surface area contributed by atoms with Gasteiger partial charge in [0.1, 0.15) is 51.3 Å². The normalized spacial score (nSPS) is 18.2. The predicted molar refractivity (Wildman–Crippen MR) is 474 cm³/mol. The number of halogens is 1. The Morgan fingerprint density at radius 1 is 0.400 bits per heavy atom. The number of nitrogens with one attached hydrogen (secondary N) is 9. The zero-order valence-electron chi connectivity index (χ0n) is 68.3. The third-order valence-corrected chi connectivity index (χ3v) is 21.2. The molecule has 8 aromatic heterocycles. The largest absolute Gasteiger partial charge is 0.365 e. The van der Waals surface area contributed by atoms with Gasteiger partial charge in [-0.15, -0.1) is 0 Å². The van der Waals surface area contributed by atoms with Crippen molar-refractivity contribution in [3.8, 4) is 45.6 Å². The number of benzene rings is 4. The van der Waals surface area contributed by atoms with E-state index < -0.39 is 35.0 Å². The summed E-state index contributed by atoms with van der Waals surface area (Å²) in [6, 6.07) is 29.6. The summed E-state index contributed by atoms with van der Waals surface area (Å²) in [4.78, 5) is 131. The molecule has 16 rings (SSSR count). The Hall–Kier alpha value is -15.1. The Kier molecular flexibility index (Phi) is 29.4. The molecule has 125 heavy (non-hydrogen) atoms. The number of carbonyl (C=O) groups excluding carboxylic acids is 4. The smallest absolute Gasteiger partial charge is 0.267 e. The number of nitrogens with two attached hydrogens (primary N) is 8. The summed E-state index contributed by atoms with van der Waals surface area (Å²) < 4.78 is 14.3. The highest BCUT2D eigenvalue weighted by Crippen LogP contribution is 2.35. The molecular formula is C86H96FN33O5. The molecule has 4 saturated carbocycles. The van der Waals surface area contributed by atoms with Gasteiger partial charge in [0.25, 0.3) is 29.2 Å². The van der Waals surface area contributed by atoms with E-state index in [-0.39, 0.29) is 94.0 Å². The minimum Gasteiger partial charge on any atom is -0.365 e. The summed E-state index contributed by atoms with van der Waals surface area (Å²) in [5.41, 5.74) is 52.8. The average Bonchev–Trinajstić information content (AvgIpc) is 0.813. The maximum atomic E-state index is 14.3. The third-order valence-electron chi connectivity index (χ3n) is 21.2. The molecule has 0 aliphatic heterocycles. The van der Waals surface area contributed by atoms with Crippen LogP contribution in [0.5, 0.6) is 0 Å². The van der Waals surface area contributed by atoms with Crippen molar-refractivity contribution in [1.29, 1.82) is 0 Å². The predicted octanol–water partition coefficient (Wildman–Crippen LogP) is 10.1. The van der Waals surface area contributed by atoms with Crippen LogP contribution in [-0.4, -0.2) is 152 Å². The molecule has 4 aromatic carbocycles. The molecule has 4 aliphatic rings. The third kappa shape index (κ3) is 23.7. The Labute approximate surface area is 717 Å². The van der Waals surface area contributed by atoms with Crippen molar-refractivity contribution >= 4 is 99.1 Å². The van der Waals surface area contributed by atoms with Gasteiger partial charge >= 0.3 is 0 Å². The maximum Gasteiger partial charge on any atom is 0.267 e. The van der Waals surface area contributed by atoms with Crippen LogP contribution in [0.25, 0.3) is 50.4 Å². The molecule has 8 heterocycles. The molecule has 0 radical (unpaired) electrons. The Morgan fingerprint density at radius 3 is 1.20 bits per heavy atom. The number of anilines is 12. The second kappa shape index (κ2) is 41.9. The molecule has 39 heteroatoms. The number of nitrogens with zero attached hydrogens (tertiary/aromatic N) is 16. The Bertz CT molecular complexity index is 5690. The minimum absolute atomic E-state index is 0.00114. The van der Waals surface area contributed by atoms with Gasteiger partial charge in [-0.05, 0) is 149 Å². The number of hydrogen-bond acceptors (Lipinski definition) is 32. The van der Waals surface area contributed by atoms with Crippen molar-refractivity contribution in [2.75, 3.05) is 42.5 Å². The topological polar surface area (TPSA) is 603 Å². The Morgan fingerprint density at radius 2 is 0.776 bits per heavy atom. The monoisotopic (exact) mass is 1690 g/mol. The van der Waals surface area contributed by atoms with Crippen molar-refractivity contribution < 1.29 is 23.6 Å². The van der Waals surface area contributed by atoms with E-state index >= 15 is 0 Å². The number of primary amides is 4. The fraction of sp³-hybridized carbons (Fsp3) is 0.291. The molecule has 12 aromatic rings. The summed E-state index contributed by atoms with van der Waals surface area (Å²) in [6.07, 6.45) is 33.4. The minimum atomic E-state index is -0.875. The van der Waals surface area contributed by atoms with Crippen molar-refractivity contribution in [2.24, 2.45) is 45.9 Å². The van der Waals surface area contributed by atoms with E-state index in [2.05, 4.69) is 127 Å². The summed E-state index contributed by atoms with van der Waals surface area (Å²) in [7, 11) is 0. The van der Waals surface area contributed by atoms with Crippen LogP contribution < -0.4 is 94.0 Å². The van der Waals surface area contributed by atoms with Gasteiger partial charge in [-0.3, -0.25) is 29.0 Å². The molecule has 0 spiro atoms. The molecule has 642 valence electrons. The zero-order chi connectivity index (χ0) is 87.9. The summed E-state index contributed by atoms with van der Waals surface area (Å²) in [5.74, 6) is 0.780. The summed E-state index contributed by atoms with van der Waals surface area (Å²) in [5, 5.41) is 25.4. The van der Waals surface area contributed by atoms with E-state index in [9.17, 15) is 28.4 Å². The van der Waals surface area contributed by atoms with Crippen LogP contribution in [-0.2, 0) is 0 Å². The molecule has 0 unspecified atom stereocenters. The first kappa shape index (κ1) is 87.7. The fourth-order valence-electron chi connectivity index (χ4n) is 14.8. The first-order valence-electron chi connectivity index (χ1n) is 40.8.